The molecule has 2 aromatic rings. The monoisotopic (exact) mass is 267 g/mol. The van der Waals surface area contributed by atoms with Crippen LogP contribution < -0.4 is 0 Å². The van der Waals surface area contributed by atoms with Crippen LogP contribution in [0.25, 0.3) is 11.0 Å². The van der Waals surface area contributed by atoms with Gasteiger partial charge in [-0.3, -0.25) is 4.99 Å². The van der Waals surface area contributed by atoms with Crippen LogP contribution in [0.4, 0.5) is 0 Å². The van der Waals surface area contributed by atoms with Gasteiger partial charge in [0, 0.05) is 7.05 Å². The van der Waals surface area contributed by atoms with Crippen molar-refractivity contribution in [2.24, 2.45) is 12.0 Å². The molecule has 0 spiro atoms. The molecule has 1 aromatic heterocycles. The molecule has 0 amide bonds. The molecular weight excluding hydrogens is 246 g/mol. The Morgan fingerprint density at radius 1 is 1.35 bits per heavy atom. The summed E-state index contributed by atoms with van der Waals surface area (Å²) in [6.45, 7) is 4.86. The number of fused-ring (bicyclic) bond motifs is 1. The highest BCUT2D eigenvalue weighted by Crippen LogP contribution is 2.12. The van der Waals surface area contributed by atoms with E-state index in [0.29, 0.717) is 6.54 Å². The molecule has 3 nitrogen and oxygen atoms in total. The molecule has 2 rings (SSSR count). The van der Waals surface area contributed by atoms with Gasteiger partial charge in [0.25, 0.3) is 0 Å². The number of imidazole rings is 1. The van der Waals surface area contributed by atoms with E-state index >= 15 is 0 Å². The van der Waals surface area contributed by atoms with Gasteiger partial charge in [0.05, 0.1) is 23.8 Å². The van der Waals surface area contributed by atoms with Crippen LogP contribution in [0.5, 0.6) is 0 Å². The van der Waals surface area contributed by atoms with Gasteiger partial charge in [0.1, 0.15) is 0 Å². The Labute approximate surface area is 120 Å². The lowest BCUT2D eigenvalue weighted by Crippen LogP contribution is -1.97. The van der Waals surface area contributed by atoms with Crippen LogP contribution in [0.3, 0.4) is 0 Å². The largest absolute Gasteiger partial charge is 0.326 e. The van der Waals surface area contributed by atoms with Crippen molar-refractivity contribution in [3.63, 3.8) is 0 Å². The molecule has 0 saturated carbocycles. The third-order valence-corrected chi connectivity index (χ3v) is 3.24. The summed E-state index contributed by atoms with van der Waals surface area (Å²) in [7, 11) is 2.02. The van der Waals surface area contributed by atoms with Gasteiger partial charge < -0.3 is 4.57 Å². The number of hydrogen-bond donors (Lipinski definition) is 0. The smallest absolute Gasteiger partial charge is 0.151 e. The fraction of sp³-hybridized carbons (Fsp3) is 0.294. The number of aromatic nitrogens is 2. The van der Waals surface area contributed by atoms with E-state index < -0.39 is 0 Å². The van der Waals surface area contributed by atoms with Crippen molar-refractivity contribution in [3.05, 3.63) is 53.9 Å². The molecule has 104 valence electrons. The van der Waals surface area contributed by atoms with Crippen molar-refractivity contribution in [2.75, 3.05) is 6.54 Å². The van der Waals surface area contributed by atoms with Crippen molar-refractivity contribution in [1.29, 1.82) is 0 Å². The molecule has 0 N–H and O–H groups in total. The zero-order valence-corrected chi connectivity index (χ0v) is 12.4. The summed E-state index contributed by atoms with van der Waals surface area (Å²) in [6.07, 6.45) is 9.28. The van der Waals surface area contributed by atoms with E-state index in [1.165, 1.54) is 5.57 Å². The summed E-state index contributed by atoms with van der Waals surface area (Å²) in [6, 6.07) is 8.12. The third kappa shape index (κ3) is 3.23. The Morgan fingerprint density at radius 2 is 2.15 bits per heavy atom. The Kier molecular flexibility index (Phi) is 4.88. The first kappa shape index (κ1) is 14.3. The maximum absolute atomic E-state index is 4.57. The highest BCUT2D eigenvalue weighted by Gasteiger charge is 2.03. The van der Waals surface area contributed by atoms with E-state index in [0.717, 1.165) is 23.3 Å². The first-order chi connectivity index (χ1) is 9.76. The maximum Gasteiger partial charge on any atom is 0.151 e. The first-order valence-corrected chi connectivity index (χ1v) is 6.99. The topological polar surface area (TPSA) is 30.2 Å². The van der Waals surface area contributed by atoms with Gasteiger partial charge in [-0.2, -0.15) is 0 Å². The number of nitrogens with zero attached hydrogens (tertiary/aromatic N) is 3. The average molecular weight is 267 g/mol. The van der Waals surface area contributed by atoms with Crippen molar-refractivity contribution < 1.29 is 0 Å². The fourth-order valence-electron chi connectivity index (χ4n) is 2.02. The van der Waals surface area contributed by atoms with Crippen molar-refractivity contribution >= 4 is 17.2 Å². The second kappa shape index (κ2) is 6.85. The predicted molar refractivity (Wildman–Crippen MR) is 86.4 cm³/mol. The zero-order valence-electron chi connectivity index (χ0n) is 12.4. The Bertz CT molecular complexity index is 660. The highest BCUT2D eigenvalue weighted by atomic mass is 15.1. The van der Waals surface area contributed by atoms with Crippen molar-refractivity contribution in [2.45, 2.75) is 20.3 Å². The average Bonchev–Trinajstić information content (AvgIpc) is 2.80. The van der Waals surface area contributed by atoms with Gasteiger partial charge >= 0.3 is 0 Å². The Morgan fingerprint density at radius 3 is 2.85 bits per heavy atom. The van der Waals surface area contributed by atoms with Gasteiger partial charge in [0.15, 0.2) is 5.82 Å². The summed E-state index contributed by atoms with van der Waals surface area (Å²) >= 11 is 0. The van der Waals surface area contributed by atoms with Gasteiger partial charge in [-0.05, 0) is 31.1 Å². The first-order valence-electron chi connectivity index (χ1n) is 6.99. The van der Waals surface area contributed by atoms with Crippen LogP contribution in [-0.4, -0.2) is 22.3 Å². The lowest BCUT2D eigenvalue weighted by atomic mass is 10.2. The van der Waals surface area contributed by atoms with Crippen LogP contribution in [0.15, 0.2) is 53.1 Å². The van der Waals surface area contributed by atoms with Crippen LogP contribution in [0, 0.1) is 0 Å². The van der Waals surface area contributed by atoms with Gasteiger partial charge in [0.2, 0.25) is 0 Å². The van der Waals surface area contributed by atoms with Crippen LogP contribution in [-0.2, 0) is 7.05 Å². The fourth-order valence-corrected chi connectivity index (χ4v) is 2.02. The normalized spacial score (nSPS) is 13.1. The number of rotatable bonds is 5. The molecule has 0 aliphatic rings. The molecule has 1 aromatic carbocycles. The summed E-state index contributed by atoms with van der Waals surface area (Å²) in [5, 5.41) is 0. The second-order valence-electron chi connectivity index (χ2n) is 4.66. The minimum absolute atomic E-state index is 0.691. The number of aryl methyl sites for hydroxylation is 1. The van der Waals surface area contributed by atoms with Crippen molar-refractivity contribution in [3.8, 4) is 0 Å². The van der Waals surface area contributed by atoms with Gasteiger partial charge in [-0.1, -0.05) is 37.3 Å². The molecule has 20 heavy (non-hydrogen) atoms. The number of hydrogen-bond acceptors (Lipinski definition) is 2. The summed E-state index contributed by atoms with van der Waals surface area (Å²) in [4.78, 5) is 9.07. The number of para-hydroxylation sites is 2. The van der Waals surface area contributed by atoms with Crippen molar-refractivity contribution in [1.82, 2.24) is 9.55 Å². The standard InChI is InChI=1S/C17H21N3/c1-4-6-9-14(5-2)12-18-13-17-19-15-10-7-8-11-16(15)20(17)3/h5-11,13H,4,12H2,1-3H3/b9-6-,14-5+,18-13?. The minimum atomic E-state index is 0.691. The lowest BCUT2D eigenvalue weighted by molar-refractivity contribution is 0.932. The molecule has 1 heterocycles. The Balaban J connectivity index is 2.14. The molecule has 0 radical (unpaired) electrons. The van der Waals surface area contributed by atoms with Gasteiger partial charge in [-0.15, -0.1) is 0 Å². The number of aliphatic imine (C=N–C) groups is 1. The van der Waals surface area contributed by atoms with E-state index in [9.17, 15) is 0 Å². The van der Waals surface area contributed by atoms with E-state index in [2.05, 4.69) is 45.8 Å². The zero-order chi connectivity index (χ0) is 14.4. The molecular formula is C17H21N3. The minimum Gasteiger partial charge on any atom is -0.326 e. The summed E-state index contributed by atoms with van der Waals surface area (Å²) in [5.41, 5.74) is 3.36. The molecule has 0 saturated heterocycles. The van der Waals surface area contributed by atoms with E-state index in [4.69, 9.17) is 0 Å². The van der Waals surface area contributed by atoms with Crippen LogP contribution >= 0.6 is 0 Å². The maximum atomic E-state index is 4.57. The van der Waals surface area contributed by atoms with Crippen LogP contribution in [0.1, 0.15) is 26.1 Å². The van der Waals surface area contributed by atoms with E-state index in [-0.39, 0.29) is 0 Å². The quantitative estimate of drug-likeness (QED) is 0.597. The number of benzene rings is 1. The number of allylic oxidation sites excluding steroid dienone is 2. The highest BCUT2D eigenvalue weighted by molar-refractivity contribution is 5.84. The SMILES string of the molecule is C/C=C(\C=C/CC)CN=Cc1nc2ccccc2n1C. The molecule has 0 atom stereocenters. The van der Waals surface area contributed by atoms with Crippen LogP contribution in [0.2, 0.25) is 0 Å². The molecule has 0 fully saturated rings. The molecule has 0 bridgehead atoms. The molecule has 0 unspecified atom stereocenters. The van der Waals surface area contributed by atoms with E-state index in [1.54, 1.807) is 0 Å². The van der Waals surface area contributed by atoms with E-state index in [1.807, 2.05) is 38.4 Å². The molecule has 0 aliphatic carbocycles. The predicted octanol–water partition coefficient (Wildman–Crippen LogP) is 3.90. The molecule has 3 heteroatoms. The molecule has 0 aliphatic heterocycles. The second-order valence-corrected chi connectivity index (χ2v) is 4.66. The Hall–Kier alpha value is -2.16. The van der Waals surface area contributed by atoms with Gasteiger partial charge in [-0.25, -0.2) is 4.98 Å². The summed E-state index contributed by atoms with van der Waals surface area (Å²) in [5.74, 6) is 0.890. The summed E-state index contributed by atoms with van der Waals surface area (Å²) < 4.78 is 2.07. The lowest BCUT2D eigenvalue weighted by Gasteiger charge is -1.97. The third-order valence-electron chi connectivity index (χ3n) is 3.24.